The highest BCUT2D eigenvalue weighted by molar-refractivity contribution is 7.13. The maximum atomic E-state index is 12.6. The standard InChI is InChI=1S/C24H20N6OS/c31-23(26-12-18-5-4-6-19(11-18)14-29-10-9-25-17-29)22-16-32-24(28-22)20-13-27-30(15-20)21-7-2-1-3-8-21/h1-11,13,15-17H,12,14H2,(H,26,31). The second-order valence-electron chi connectivity index (χ2n) is 7.28. The van der Waals surface area contributed by atoms with Gasteiger partial charge in [0.2, 0.25) is 0 Å². The molecule has 0 atom stereocenters. The van der Waals surface area contributed by atoms with Crippen molar-refractivity contribution in [1.29, 1.82) is 0 Å². The van der Waals surface area contributed by atoms with Crippen LogP contribution in [0.15, 0.2) is 91.1 Å². The number of hydrogen-bond donors (Lipinski definition) is 1. The molecule has 0 unspecified atom stereocenters. The van der Waals surface area contributed by atoms with Gasteiger partial charge >= 0.3 is 0 Å². The minimum Gasteiger partial charge on any atom is -0.347 e. The summed E-state index contributed by atoms with van der Waals surface area (Å²) in [5.74, 6) is -0.192. The minimum atomic E-state index is -0.192. The fraction of sp³-hybridized carbons (Fsp3) is 0.0833. The summed E-state index contributed by atoms with van der Waals surface area (Å²) >= 11 is 1.43. The highest BCUT2D eigenvalue weighted by Crippen LogP contribution is 2.24. The van der Waals surface area contributed by atoms with Crippen LogP contribution >= 0.6 is 11.3 Å². The Morgan fingerprint density at radius 3 is 2.78 bits per heavy atom. The number of imidazole rings is 1. The number of hydrogen-bond acceptors (Lipinski definition) is 5. The fourth-order valence-electron chi connectivity index (χ4n) is 3.37. The quantitative estimate of drug-likeness (QED) is 0.412. The number of nitrogens with one attached hydrogen (secondary N) is 1. The monoisotopic (exact) mass is 440 g/mol. The van der Waals surface area contributed by atoms with Gasteiger partial charge in [0.25, 0.3) is 5.91 Å². The molecule has 0 bridgehead atoms. The van der Waals surface area contributed by atoms with Crippen LogP contribution in [-0.2, 0) is 13.1 Å². The number of thiazole rings is 1. The van der Waals surface area contributed by atoms with E-state index in [1.807, 2.05) is 59.4 Å². The molecule has 158 valence electrons. The lowest BCUT2D eigenvalue weighted by Crippen LogP contribution is -2.23. The Labute approximate surface area is 189 Å². The van der Waals surface area contributed by atoms with E-state index in [0.717, 1.165) is 33.9 Å². The van der Waals surface area contributed by atoms with Crippen LogP contribution in [0.5, 0.6) is 0 Å². The van der Waals surface area contributed by atoms with Crippen LogP contribution in [0.3, 0.4) is 0 Å². The summed E-state index contributed by atoms with van der Waals surface area (Å²) in [6.07, 6.45) is 9.16. The summed E-state index contributed by atoms with van der Waals surface area (Å²) in [7, 11) is 0. The van der Waals surface area contributed by atoms with Gasteiger partial charge in [0.15, 0.2) is 0 Å². The van der Waals surface area contributed by atoms with Gasteiger partial charge in [0.1, 0.15) is 10.7 Å². The molecule has 0 saturated heterocycles. The zero-order chi connectivity index (χ0) is 21.8. The molecule has 0 spiro atoms. The maximum absolute atomic E-state index is 12.6. The predicted octanol–water partition coefficient (Wildman–Crippen LogP) is 4.17. The average Bonchev–Trinajstić information content (AvgIpc) is 3.60. The zero-order valence-electron chi connectivity index (χ0n) is 17.1. The van der Waals surface area contributed by atoms with Crippen molar-refractivity contribution >= 4 is 17.2 Å². The molecule has 0 radical (unpaired) electrons. The Bertz CT molecular complexity index is 1320. The smallest absolute Gasteiger partial charge is 0.271 e. The molecule has 0 saturated carbocycles. The first-order valence-electron chi connectivity index (χ1n) is 10.1. The number of benzene rings is 2. The van der Waals surface area contributed by atoms with E-state index in [1.54, 1.807) is 28.8 Å². The van der Waals surface area contributed by atoms with Gasteiger partial charge < -0.3 is 9.88 Å². The van der Waals surface area contributed by atoms with Crippen molar-refractivity contribution in [2.45, 2.75) is 13.1 Å². The minimum absolute atomic E-state index is 0.192. The third kappa shape index (κ3) is 4.50. The molecule has 0 aliphatic heterocycles. The van der Waals surface area contributed by atoms with Crippen LogP contribution in [0.2, 0.25) is 0 Å². The highest BCUT2D eigenvalue weighted by atomic mass is 32.1. The summed E-state index contributed by atoms with van der Waals surface area (Å²) in [6, 6.07) is 18.0. The number of amides is 1. The van der Waals surface area contributed by atoms with E-state index < -0.39 is 0 Å². The topological polar surface area (TPSA) is 77.6 Å². The molecule has 3 heterocycles. The summed E-state index contributed by atoms with van der Waals surface area (Å²) in [6.45, 7) is 1.18. The van der Waals surface area contributed by atoms with Gasteiger partial charge in [-0.05, 0) is 23.3 Å². The van der Waals surface area contributed by atoms with E-state index in [9.17, 15) is 4.79 Å². The Balaban J connectivity index is 1.23. The van der Waals surface area contributed by atoms with E-state index >= 15 is 0 Å². The Morgan fingerprint density at radius 2 is 1.94 bits per heavy atom. The van der Waals surface area contributed by atoms with Gasteiger partial charge in [-0.1, -0.05) is 42.5 Å². The molecule has 32 heavy (non-hydrogen) atoms. The van der Waals surface area contributed by atoms with E-state index in [0.29, 0.717) is 12.2 Å². The SMILES string of the molecule is O=C(NCc1cccc(Cn2ccnc2)c1)c1csc(-c2cnn(-c3ccccc3)c2)n1. The fourth-order valence-corrected chi connectivity index (χ4v) is 4.14. The molecular formula is C24H20N6OS. The van der Waals surface area contributed by atoms with Gasteiger partial charge in [0.05, 0.1) is 18.2 Å². The molecule has 0 aliphatic carbocycles. The molecule has 0 fully saturated rings. The van der Waals surface area contributed by atoms with Crippen molar-refractivity contribution in [3.8, 4) is 16.3 Å². The molecular weight excluding hydrogens is 420 g/mol. The van der Waals surface area contributed by atoms with Crippen LogP contribution in [0.4, 0.5) is 0 Å². The van der Waals surface area contributed by atoms with Gasteiger partial charge in [-0.25, -0.2) is 14.6 Å². The van der Waals surface area contributed by atoms with Gasteiger partial charge in [-0.2, -0.15) is 5.10 Å². The molecule has 1 N–H and O–H groups in total. The second-order valence-corrected chi connectivity index (χ2v) is 8.14. The van der Waals surface area contributed by atoms with E-state index in [1.165, 1.54) is 11.3 Å². The van der Waals surface area contributed by atoms with Crippen molar-refractivity contribution in [1.82, 2.24) is 29.6 Å². The van der Waals surface area contributed by atoms with Gasteiger partial charge in [0, 0.05) is 42.6 Å². The molecule has 1 amide bonds. The lowest BCUT2D eigenvalue weighted by atomic mass is 10.1. The van der Waals surface area contributed by atoms with Crippen LogP contribution in [0.1, 0.15) is 21.6 Å². The normalized spacial score (nSPS) is 10.9. The largest absolute Gasteiger partial charge is 0.347 e. The van der Waals surface area contributed by atoms with Crippen LogP contribution in [0, 0.1) is 0 Å². The number of rotatable bonds is 7. The van der Waals surface area contributed by atoms with Gasteiger partial charge in [-0.15, -0.1) is 11.3 Å². The molecule has 0 aliphatic rings. The van der Waals surface area contributed by atoms with Gasteiger partial charge in [-0.3, -0.25) is 4.79 Å². The van der Waals surface area contributed by atoms with E-state index in [2.05, 4.69) is 32.5 Å². The predicted molar refractivity (Wildman–Crippen MR) is 124 cm³/mol. The number of carbonyl (C=O) groups excluding carboxylic acids is 1. The molecule has 5 rings (SSSR count). The Hall–Kier alpha value is -4.04. The first-order chi connectivity index (χ1) is 15.7. The molecule has 7 nitrogen and oxygen atoms in total. The third-order valence-electron chi connectivity index (χ3n) is 4.96. The van der Waals surface area contributed by atoms with Crippen molar-refractivity contribution in [2.75, 3.05) is 0 Å². The molecule has 5 aromatic rings. The van der Waals surface area contributed by atoms with E-state index in [-0.39, 0.29) is 5.91 Å². The van der Waals surface area contributed by atoms with Crippen molar-refractivity contribution in [3.05, 3.63) is 108 Å². The molecule has 3 aromatic heterocycles. The van der Waals surface area contributed by atoms with Crippen molar-refractivity contribution in [3.63, 3.8) is 0 Å². The number of para-hydroxylation sites is 1. The summed E-state index contributed by atoms with van der Waals surface area (Å²) < 4.78 is 3.81. The van der Waals surface area contributed by atoms with Crippen molar-refractivity contribution < 1.29 is 4.79 Å². The highest BCUT2D eigenvalue weighted by Gasteiger charge is 2.13. The lowest BCUT2D eigenvalue weighted by Gasteiger charge is -2.07. The van der Waals surface area contributed by atoms with Crippen LogP contribution < -0.4 is 5.32 Å². The first kappa shape index (κ1) is 19.9. The molecule has 2 aromatic carbocycles. The summed E-state index contributed by atoms with van der Waals surface area (Å²) in [5, 5.41) is 9.91. The average molecular weight is 441 g/mol. The van der Waals surface area contributed by atoms with Crippen LogP contribution in [0.25, 0.3) is 16.3 Å². The van der Waals surface area contributed by atoms with E-state index in [4.69, 9.17) is 0 Å². The Kier molecular flexibility index (Phi) is 5.59. The third-order valence-corrected chi connectivity index (χ3v) is 5.85. The van der Waals surface area contributed by atoms with Crippen LogP contribution in [-0.4, -0.2) is 30.2 Å². The summed E-state index contributed by atoms with van der Waals surface area (Å²) in [5.41, 5.74) is 4.46. The second kappa shape index (κ2) is 8.99. The number of nitrogens with zero attached hydrogens (tertiary/aromatic N) is 5. The number of aromatic nitrogens is 5. The molecule has 8 heteroatoms. The lowest BCUT2D eigenvalue weighted by molar-refractivity contribution is 0.0946. The first-order valence-corrected chi connectivity index (χ1v) is 11.0. The zero-order valence-corrected chi connectivity index (χ0v) is 17.9. The summed E-state index contributed by atoms with van der Waals surface area (Å²) in [4.78, 5) is 21.2. The van der Waals surface area contributed by atoms with Crippen molar-refractivity contribution in [2.24, 2.45) is 0 Å². The Morgan fingerprint density at radius 1 is 1.06 bits per heavy atom. The maximum Gasteiger partial charge on any atom is 0.271 e. The number of carbonyl (C=O) groups is 1.